The number of carboxylic acid groups (broad SMARTS) is 1. The van der Waals surface area contributed by atoms with Crippen molar-refractivity contribution >= 4 is 5.97 Å². The van der Waals surface area contributed by atoms with Gasteiger partial charge in [0.1, 0.15) is 22.7 Å². The Labute approximate surface area is 144 Å². The summed E-state index contributed by atoms with van der Waals surface area (Å²) in [6.45, 7) is 8.16. The molecule has 0 amide bonds. The number of aromatic hydroxyl groups is 1. The van der Waals surface area contributed by atoms with Crippen molar-refractivity contribution in [2.75, 3.05) is 0 Å². The van der Waals surface area contributed by atoms with Gasteiger partial charge in [-0.15, -0.1) is 0 Å². The third kappa shape index (κ3) is 3.92. The number of carboxylic acids is 1. The van der Waals surface area contributed by atoms with E-state index >= 15 is 0 Å². The van der Waals surface area contributed by atoms with E-state index in [9.17, 15) is 15.0 Å². The zero-order valence-corrected chi connectivity index (χ0v) is 15.1. The molecule has 1 atom stereocenters. The molecule has 1 aliphatic heterocycles. The van der Waals surface area contributed by atoms with Crippen molar-refractivity contribution < 1.29 is 19.7 Å². The van der Waals surface area contributed by atoms with Crippen LogP contribution < -0.4 is 4.74 Å². The van der Waals surface area contributed by atoms with Crippen molar-refractivity contribution in [1.82, 2.24) is 0 Å². The quantitative estimate of drug-likeness (QED) is 0.729. The first kappa shape index (κ1) is 18.4. The summed E-state index contributed by atoms with van der Waals surface area (Å²) in [6, 6.07) is 1.60. The van der Waals surface area contributed by atoms with Crippen molar-refractivity contribution in [1.29, 1.82) is 0 Å². The Kier molecular flexibility index (Phi) is 5.58. The van der Waals surface area contributed by atoms with Crippen molar-refractivity contribution in [2.24, 2.45) is 0 Å². The zero-order valence-electron chi connectivity index (χ0n) is 15.1. The van der Waals surface area contributed by atoms with Crippen LogP contribution in [0.25, 0.3) is 0 Å². The topological polar surface area (TPSA) is 66.8 Å². The molecule has 4 nitrogen and oxygen atoms in total. The largest absolute Gasteiger partial charge is 0.508 e. The molecule has 0 radical (unpaired) electrons. The third-order valence-electron chi connectivity index (χ3n) is 4.65. The molecular weight excluding hydrogens is 304 g/mol. The zero-order chi connectivity index (χ0) is 17.9. The molecule has 24 heavy (non-hydrogen) atoms. The second-order valence-corrected chi connectivity index (χ2v) is 7.16. The number of fused-ring (bicyclic) bond motifs is 1. The minimum Gasteiger partial charge on any atom is -0.508 e. The summed E-state index contributed by atoms with van der Waals surface area (Å²) >= 11 is 0. The van der Waals surface area contributed by atoms with Gasteiger partial charge in [-0.1, -0.05) is 25.0 Å². The number of hydrogen-bond acceptors (Lipinski definition) is 3. The smallest absolute Gasteiger partial charge is 0.339 e. The molecule has 0 aliphatic carbocycles. The lowest BCUT2D eigenvalue weighted by Gasteiger charge is -2.37. The maximum Gasteiger partial charge on any atom is 0.339 e. The summed E-state index contributed by atoms with van der Waals surface area (Å²) in [5, 5.41) is 20.0. The molecule has 0 fully saturated rings. The first-order chi connectivity index (χ1) is 11.3. The monoisotopic (exact) mass is 332 g/mol. The van der Waals surface area contributed by atoms with Crippen LogP contribution in [0.1, 0.15) is 74.9 Å². The average molecular weight is 332 g/mol. The van der Waals surface area contributed by atoms with E-state index in [0.29, 0.717) is 29.7 Å². The van der Waals surface area contributed by atoms with Crippen LogP contribution in [0, 0.1) is 0 Å². The molecule has 4 heteroatoms. The Balaban J connectivity index is 2.40. The van der Waals surface area contributed by atoms with E-state index in [2.05, 4.69) is 19.9 Å². The first-order valence-corrected chi connectivity index (χ1v) is 8.71. The van der Waals surface area contributed by atoms with Crippen LogP contribution in [0.4, 0.5) is 0 Å². The lowest BCUT2D eigenvalue weighted by atomic mass is 9.86. The second kappa shape index (κ2) is 7.29. The highest BCUT2D eigenvalue weighted by Gasteiger charge is 2.36. The van der Waals surface area contributed by atoms with Gasteiger partial charge in [0, 0.05) is 5.56 Å². The molecule has 1 unspecified atom stereocenters. The van der Waals surface area contributed by atoms with Gasteiger partial charge in [-0.3, -0.25) is 0 Å². The Bertz CT molecular complexity index is 656. The van der Waals surface area contributed by atoms with E-state index in [4.69, 9.17) is 4.74 Å². The Hall–Kier alpha value is -1.97. The molecule has 1 aromatic carbocycles. The second-order valence-electron chi connectivity index (χ2n) is 7.16. The van der Waals surface area contributed by atoms with Crippen molar-refractivity contribution in [2.45, 2.75) is 71.8 Å². The number of ether oxygens (including phenoxy) is 1. The van der Waals surface area contributed by atoms with Gasteiger partial charge in [0.25, 0.3) is 0 Å². The molecule has 1 heterocycles. The fourth-order valence-electron chi connectivity index (χ4n) is 3.32. The van der Waals surface area contributed by atoms with Gasteiger partial charge in [0.05, 0.1) is 0 Å². The number of benzene rings is 1. The van der Waals surface area contributed by atoms with E-state index in [-0.39, 0.29) is 11.3 Å². The molecular formula is C20H28O4. The summed E-state index contributed by atoms with van der Waals surface area (Å²) in [6.07, 6.45) is 6.74. The third-order valence-corrected chi connectivity index (χ3v) is 4.65. The molecule has 2 rings (SSSR count). The summed E-state index contributed by atoms with van der Waals surface area (Å²) in [5.74, 6) is -0.454. The van der Waals surface area contributed by atoms with E-state index in [1.54, 1.807) is 6.07 Å². The molecule has 1 aromatic rings. The number of phenolic OH excluding ortho intramolecular Hbond substituents is 1. The molecule has 0 bridgehead atoms. The Morgan fingerprint density at radius 2 is 2.12 bits per heavy atom. The van der Waals surface area contributed by atoms with E-state index in [1.165, 1.54) is 5.57 Å². The van der Waals surface area contributed by atoms with Crippen LogP contribution >= 0.6 is 0 Å². The Morgan fingerprint density at radius 1 is 1.42 bits per heavy atom. The van der Waals surface area contributed by atoms with Crippen LogP contribution in [-0.2, 0) is 12.8 Å². The molecule has 132 valence electrons. The number of allylic oxidation sites excluding steroid dienone is 2. The highest BCUT2D eigenvalue weighted by molar-refractivity contribution is 5.94. The van der Waals surface area contributed by atoms with Gasteiger partial charge in [0.2, 0.25) is 0 Å². The number of aryl methyl sites for hydroxylation is 1. The maximum absolute atomic E-state index is 11.8. The summed E-state index contributed by atoms with van der Waals surface area (Å²) < 4.78 is 6.19. The molecule has 0 spiro atoms. The minimum absolute atomic E-state index is 0.157. The normalized spacial score (nSPS) is 19.3. The maximum atomic E-state index is 11.8. The van der Waals surface area contributed by atoms with Crippen LogP contribution in [-0.4, -0.2) is 21.8 Å². The van der Waals surface area contributed by atoms with Gasteiger partial charge in [-0.25, -0.2) is 4.79 Å². The molecule has 0 saturated carbocycles. The van der Waals surface area contributed by atoms with Gasteiger partial charge >= 0.3 is 5.97 Å². The van der Waals surface area contributed by atoms with E-state index in [0.717, 1.165) is 25.7 Å². The van der Waals surface area contributed by atoms with Crippen molar-refractivity contribution in [3.63, 3.8) is 0 Å². The number of rotatable bonds is 6. The molecule has 0 aromatic heterocycles. The fourth-order valence-corrected chi connectivity index (χ4v) is 3.32. The summed E-state index contributed by atoms with van der Waals surface area (Å²) in [5.41, 5.74) is 2.36. The molecule has 2 N–H and O–H groups in total. The number of phenols is 1. The van der Waals surface area contributed by atoms with Gasteiger partial charge in [-0.05, 0) is 64.5 Å². The molecule has 1 aliphatic rings. The van der Waals surface area contributed by atoms with Gasteiger partial charge < -0.3 is 14.9 Å². The predicted octanol–water partition coefficient (Wildman–Crippen LogP) is 4.87. The van der Waals surface area contributed by atoms with Gasteiger partial charge in [-0.2, -0.15) is 0 Å². The average Bonchev–Trinajstić information content (AvgIpc) is 2.46. The summed E-state index contributed by atoms with van der Waals surface area (Å²) in [4.78, 5) is 11.8. The first-order valence-electron chi connectivity index (χ1n) is 8.71. The lowest BCUT2D eigenvalue weighted by Crippen LogP contribution is -2.37. The van der Waals surface area contributed by atoms with Crippen molar-refractivity contribution in [3.8, 4) is 11.5 Å². The van der Waals surface area contributed by atoms with Gasteiger partial charge in [0.15, 0.2) is 0 Å². The van der Waals surface area contributed by atoms with Crippen LogP contribution in [0.5, 0.6) is 11.5 Å². The number of hydrogen-bond donors (Lipinski definition) is 2. The highest BCUT2D eigenvalue weighted by Crippen LogP contribution is 2.44. The van der Waals surface area contributed by atoms with Crippen molar-refractivity contribution in [3.05, 3.63) is 34.4 Å². The van der Waals surface area contributed by atoms with E-state index < -0.39 is 11.6 Å². The standard InChI is InChI=1S/C20H28O4/c1-5-7-14-12-16(21)15-9-11-20(4,10-6-8-13(2)3)24-18(15)17(14)19(22)23/h8,12,21H,5-7,9-11H2,1-4H3,(H,22,23). The van der Waals surface area contributed by atoms with Crippen LogP contribution in [0.2, 0.25) is 0 Å². The summed E-state index contributed by atoms with van der Waals surface area (Å²) in [7, 11) is 0. The molecule has 0 saturated heterocycles. The number of aromatic carboxylic acids is 1. The minimum atomic E-state index is -0.983. The Morgan fingerprint density at radius 3 is 2.71 bits per heavy atom. The highest BCUT2D eigenvalue weighted by atomic mass is 16.5. The number of carbonyl (C=O) groups is 1. The van der Waals surface area contributed by atoms with Crippen LogP contribution in [0.3, 0.4) is 0 Å². The SMILES string of the molecule is CCCc1cc(O)c2c(c1C(=O)O)OC(C)(CCC=C(C)C)CC2. The fraction of sp³-hybridized carbons (Fsp3) is 0.550. The van der Waals surface area contributed by atoms with E-state index in [1.807, 2.05) is 13.8 Å². The predicted molar refractivity (Wildman–Crippen MR) is 95.1 cm³/mol. The lowest BCUT2D eigenvalue weighted by molar-refractivity contribution is 0.0508. The van der Waals surface area contributed by atoms with Crippen LogP contribution in [0.15, 0.2) is 17.7 Å².